The lowest BCUT2D eigenvalue weighted by Crippen LogP contribution is -2.49. The number of piperazine rings is 1. The predicted octanol–water partition coefficient (Wildman–Crippen LogP) is 5.47. The molecule has 0 aliphatic carbocycles. The Hall–Kier alpha value is -6.69. The third-order valence-electron chi connectivity index (χ3n) is 12.7. The van der Waals surface area contributed by atoms with Crippen LogP contribution in [0, 0.1) is 17.2 Å². The fourth-order valence-electron chi connectivity index (χ4n) is 8.83. The number of nitriles is 1. The second-order valence-electron chi connectivity index (χ2n) is 16.9. The van der Waals surface area contributed by atoms with E-state index in [9.17, 15) is 19.2 Å². The molecule has 63 heavy (non-hydrogen) atoms. The normalized spacial score (nSPS) is 18.3. The van der Waals surface area contributed by atoms with Gasteiger partial charge >= 0.3 is 0 Å². The number of piperidine rings is 2. The average Bonchev–Trinajstić information content (AvgIpc) is 3.78. The molecule has 2 aromatic heterocycles. The number of likely N-dealkylation sites (tertiary alicyclic amines) is 1. The number of hydrogen-bond acceptors (Lipinski definition) is 10. The minimum absolute atomic E-state index is 0.0596. The quantitative estimate of drug-likeness (QED) is 0.122. The van der Waals surface area contributed by atoms with Crippen molar-refractivity contribution in [3.63, 3.8) is 0 Å². The van der Waals surface area contributed by atoms with Crippen LogP contribution in [0.4, 0.5) is 11.5 Å². The molecule has 3 atom stereocenters. The van der Waals surface area contributed by atoms with E-state index < -0.39 is 6.04 Å². The van der Waals surface area contributed by atoms with Gasteiger partial charge in [0.1, 0.15) is 18.4 Å². The van der Waals surface area contributed by atoms with Crippen LogP contribution in [0.2, 0.25) is 0 Å². The SMILES string of the molecule is C[C@H](CNC(C(=O)Nc1ccc(-c2cnn(CC(=O)N3CCC(CN4CCN(c5ccc(C6CCC(=O)NC6=O)cc5)CC4)CC3)c2)cn1)c1ccccc1)c1ccc(C#N)cc1. The minimum atomic E-state index is -0.607. The molecule has 324 valence electrons. The Labute approximate surface area is 368 Å². The molecule has 3 fully saturated rings. The van der Waals surface area contributed by atoms with Crippen molar-refractivity contribution >= 4 is 35.1 Å². The molecule has 3 saturated heterocycles. The van der Waals surface area contributed by atoms with Gasteiger partial charge in [-0.15, -0.1) is 0 Å². The Morgan fingerprint density at radius 3 is 2.27 bits per heavy atom. The number of aromatic nitrogens is 3. The number of pyridine rings is 1. The first-order valence-electron chi connectivity index (χ1n) is 22.0. The van der Waals surface area contributed by atoms with Crippen LogP contribution in [-0.2, 0) is 25.7 Å². The van der Waals surface area contributed by atoms with E-state index in [-0.39, 0.29) is 42.0 Å². The molecule has 8 rings (SSSR count). The molecule has 3 aromatic carbocycles. The highest BCUT2D eigenvalue weighted by atomic mass is 16.2. The number of rotatable bonds is 14. The molecule has 0 radical (unpaired) electrons. The van der Waals surface area contributed by atoms with Gasteiger partial charge in [-0.25, -0.2) is 4.98 Å². The highest BCUT2D eigenvalue weighted by Crippen LogP contribution is 2.28. The summed E-state index contributed by atoms with van der Waals surface area (Å²) in [7, 11) is 0. The number of anilines is 2. The Kier molecular flexibility index (Phi) is 13.6. The number of carbonyl (C=O) groups is 4. The maximum Gasteiger partial charge on any atom is 0.247 e. The molecule has 4 amide bonds. The van der Waals surface area contributed by atoms with Gasteiger partial charge in [-0.1, -0.05) is 61.5 Å². The topological polar surface area (TPSA) is 169 Å². The lowest BCUT2D eigenvalue weighted by atomic mass is 9.90. The molecule has 14 heteroatoms. The van der Waals surface area contributed by atoms with Gasteiger partial charge in [0.05, 0.1) is 23.7 Å². The van der Waals surface area contributed by atoms with Crippen LogP contribution in [0.25, 0.3) is 11.1 Å². The summed E-state index contributed by atoms with van der Waals surface area (Å²) in [5, 5.41) is 22.5. The van der Waals surface area contributed by atoms with Crippen molar-refractivity contribution in [1.29, 1.82) is 5.26 Å². The highest BCUT2D eigenvalue weighted by Gasteiger charge is 2.29. The molecule has 5 aromatic rings. The number of nitrogens with zero attached hydrogens (tertiary/aromatic N) is 7. The molecular weight excluding hydrogens is 793 g/mol. The largest absolute Gasteiger partial charge is 0.369 e. The van der Waals surface area contributed by atoms with Crippen molar-refractivity contribution in [2.45, 2.75) is 57.0 Å². The monoisotopic (exact) mass is 846 g/mol. The first-order valence-corrected chi connectivity index (χ1v) is 22.0. The summed E-state index contributed by atoms with van der Waals surface area (Å²) < 4.78 is 1.68. The van der Waals surface area contributed by atoms with Gasteiger partial charge in [0.2, 0.25) is 23.6 Å². The minimum Gasteiger partial charge on any atom is -0.369 e. The van der Waals surface area contributed by atoms with Crippen molar-refractivity contribution in [3.05, 3.63) is 132 Å². The molecule has 3 aliphatic heterocycles. The number of benzene rings is 3. The molecule has 2 unspecified atom stereocenters. The van der Waals surface area contributed by atoms with Crippen LogP contribution in [0.15, 0.2) is 110 Å². The van der Waals surface area contributed by atoms with Gasteiger partial charge in [-0.2, -0.15) is 10.4 Å². The van der Waals surface area contributed by atoms with Crippen LogP contribution in [0.1, 0.15) is 72.7 Å². The predicted molar refractivity (Wildman–Crippen MR) is 240 cm³/mol. The maximum absolute atomic E-state index is 13.6. The van der Waals surface area contributed by atoms with Gasteiger partial charge < -0.3 is 20.4 Å². The van der Waals surface area contributed by atoms with Crippen LogP contribution < -0.4 is 20.9 Å². The Morgan fingerprint density at radius 2 is 1.59 bits per heavy atom. The first-order chi connectivity index (χ1) is 30.7. The fourth-order valence-corrected chi connectivity index (χ4v) is 8.83. The number of imide groups is 1. The molecule has 0 spiro atoms. The van der Waals surface area contributed by atoms with Gasteiger partial charge in [0, 0.05) is 88.0 Å². The fraction of sp³-hybridized carbons (Fsp3) is 0.367. The van der Waals surface area contributed by atoms with E-state index in [1.54, 1.807) is 35.3 Å². The average molecular weight is 847 g/mol. The molecular formula is C49H54N10O4. The summed E-state index contributed by atoms with van der Waals surface area (Å²) in [6.07, 6.45) is 8.18. The van der Waals surface area contributed by atoms with Crippen LogP contribution in [-0.4, -0.2) is 101 Å². The lowest BCUT2D eigenvalue weighted by molar-refractivity contribution is -0.135. The van der Waals surface area contributed by atoms with Gasteiger partial charge in [0.15, 0.2) is 0 Å². The lowest BCUT2D eigenvalue weighted by Gasteiger charge is -2.39. The van der Waals surface area contributed by atoms with Crippen molar-refractivity contribution in [1.82, 2.24) is 35.2 Å². The molecule has 5 heterocycles. The van der Waals surface area contributed by atoms with Crippen molar-refractivity contribution < 1.29 is 19.2 Å². The van der Waals surface area contributed by atoms with Crippen LogP contribution >= 0.6 is 0 Å². The summed E-state index contributed by atoms with van der Waals surface area (Å²) in [5.41, 5.74) is 6.29. The van der Waals surface area contributed by atoms with Gasteiger partial charge in [0.25, 0.3) is 0 Å². The summed E-state index contributed by atoms with van der Waals surface area (Å²) in [6.45, 7) is 9.16. The second-order valence-corrected chi connectivity index (χ2v) is 16.9. The van der Waals surface area contributed by atoms with E-state index in [1.807, 2.05) is 71.8 Å². The maximum atomic E-state index is 13.6. The number of carbonyl (C=O) groups excluding carboxylic acids is 4. The van der Waals surface area contributed by atoms with Gasteiger partial charge in [-0.3, -0.25) is 34.1 Å². The van der Waals surface area contributed by atoms with E-state index in [4.69, 9.17) is 5.26 Å². The third kappa shape index (κ3) is 10.9. The van der Waals surface area contributed by atoms with Gasteiger partial charge in [-0.05, 0) is 84.2 Å². The Bertz CT molecular complexity index is 2400. The van der Waals surface area contributed by atoms with E-state index in [1.165, 1.54) is 0 Å². The number of nitrogens with one attached hydrogen (secondary N) is 3. The summed E-state index contributed by atoms with van der Waals surface area (Å²) in [4.78, 5) is 62.3. The summed E-state index contributed by atoms with van der Waals surface area (Å²) in [6, 6.07) is 30.5. The zero-order valence-electron chi connectivity index (χ0n) is 35.7. The molecule has 0 saturated carbocycles. The first kappa shape index (κ1) is 43.0. The zero-order chi connectivity index (χ0) is 43.7. The van der Waals surface area contributed by atoms with Crippen LogP contribution in [0.3, 0.4) is 0 Å². The molecule has 3 N–H and O–H groups in total. The standard InChI is InChI=1S/C49H54N10O4/c1-34(37-9-7-35(27-50)8-10-37)28-52-47(39-5-3-2-4-6-39)49(63)54-44-17-13-40(29-51-44)41-30-53-59(32-41)33-46(61)58-21-19-36(20-22-58)31-56-23-25-57(26-24-56)42-14-11-38(12-15-42)43-16-18-45(60)55-48(43)62/h2-15,17,29-30,32,34,36,43,47,52H,16,18-26,28,31,33H2,1H3,(H,51,54,63)(H,55,60,62)/t34-,43?,47?/m1/s1. The number of hydrogen-bond donors (Lipinski definition) is 3. The van der Waals surface area contributed by atoms with E-state index >= 15 is 0 Å². The molecule has 3 aliphatic rings. The van der Waals surface area contributed by atoms with E-state index in [0.29, 0.717) is 36.7 Å². The smallest absolute Gasteiger partial charge is 0.247 e. The summed E-state index contributed by atoms with van der Waals surface area (Å²) in [5.74, 6) is 0.256. The number of amides is 4. The van der Waals surface area contributed by atoms with Crippen LogP contribution in [0.5, 0.6) is 0 Å². The molecule has 14 nitrogen and oxygen atoms in total. The Morgan fingerprint density at radius 1 is 0.841 bits per heavy atom. The second kappa shape index (κ2) is 20.0. The zero-order valence-corrected chi connectivity index (χ0v) is 35.7. The van der Waals surface area contributed by atoms with Crippen molar-refractivity contribution in [3.8, 4) is 17.2 Å². The van der Waals surface area contributed by atoms with Crippen molar-refractivity contribution in [2.75, 3.05) is 62.6 Å². The van der Waals surface area contributed by atoms with Crippen molar-refractivity contribution in [2.24, 2.45) is 5.92 Å². The van der Waals surface area contributed by atoms with E-state index in [0.717, 1.165) is 92.2 Å². The third-order valence-corrected chi connectivity index (χ3v) is 12.7. The highest BCUT2D eigenvalue weighted by molar-refractivity contribution is 6.01. The van der Waals surface area contributed by atoms with E-state index in [2.05, 4.69) is 61.0 Å². The molecule has 0 bridgehead atoms. The summed E-state index contributed by atoms with van der Waals surface area (Å²) >= 11 is 0. The Balaban J connectivity index is 0.767.